The number of hydrogen-bond acceptors (Lipinski definition) is 3. The number of aldehydes is 1. The maximum Gasteiger partial charge on any atom is 0.231 e. The number of carbonyl (C=O) groups excluding carboxylic acids is 2. The lowest BCUT2D eigenvalue weighted by Gasteiger charge is -2.24. The van der Waals surface area contributed by atoms with Crippen molar-refractivity contribution in [3.8, 4) is 5.75 Å². The molecule has 1 aliphatic rings. The molecule has 2 aromatic carbocycles. The van der Waals surface area contributed by atoms with Gasteiger partial charge in [-0.2, -0.15) is 0 Å². The van der Waals surface area contributed by atoms with Crippen LogP contribution in [0.4, 0.5) is 10.1 Å². The summed E-state index contributed by atoms with van der Waals surface area (Å²) in [5.74, 6) is -0.146. The molecule has 0 saturated carbocycles. The summed E-state index contributed by atoms with van der Waals surface area (Å²) in [6.45, 7) is 0.198. The molecule has 0 bridgehead atoms. The quantitative estimate of drug-likeness (QED) is 0.722. The van der Waals surface area contributed by atoms with Crippen LogP contribution < -0.4 is 9.64 Å². The van der Waals surface area contributed by atoms with Crippen molar-refractivity contribution < 1.29 is 18.7 Å². The summed E-state index contributed by atoms with van der Waals surface area (Å²) in [4.78, 5) is 25.4. The van der Waals surface area contributed by atoms with Gasteiger partial charge in [0.2, 0.25) is 5.91 Å². The molecule has 0 atom stereocenters. The van der Waals surface area contributed by atoms with Gasteiger partial charge >= 0.3 is 0 Å². The van der Waals surface area contributed by atoms with E-state index >= 15 is 0 Å². The molecule has 3 rings (SSSR count). The minimum atomic E-state index is -0.511. The van der Waals surface area contributed by atoms with E-state index in [0.29, 0.717) is 27.7 Å². The Morgan fingerprint density at radius 3 is 2.60 bits per heavy atom. The number of anilines is 1. The molecule has 2 aromatic rings. The van der Waals surface area contributed by atoms with Crippen LogP contribution >= 0.6 is 15.9 Å². The zero-order valence-electron chi connectivity index (χ0n) is 13.5. The molecule has 6 heteroatoms. The van der Waals surface area contributed by atoms with Crippen molar-refractivity contribution in [2.45, 2.75) is 13.0 Å². The number of carbonyl (C=O) groups is 2. The zero-order valence-corrected chi connectivity index (χ0v) is 15.0. The van der Waals surface area contributed by atoms with E-state index in [1.807, 2.05) is 12.1 Å². The number of fused-ring (bicyclic) bond motifs is 1. The zero-order chi connectivity index (χ0) is 18.0. The van der Waals surface area contributed by atoms with Crippen molar-refractivity contribution in [1.29, 1.82) is 0 Å². The minimum Gasteiger partial charge on any atom is -0.497 e. The number of para-hydroxylation sites is 1. The Bertz CT molecular complexity index is 861. The van der Waals surface area contributed by atoms with E-state index in [1.54, 1.807) is 31.4 Å². The van der Waals surface area contributed by atoms with Crippen molar-refractivity contribution in [1.82, 2.24) is 0 Å². The highest BCUT2D eigenvalue weighted by Crippen LogP contribution is 2.39. The molecule has 1 amide bonds. The molecule has 4 nitrogen and oxygen atoms in total. The Morgan fingerprint density at radius 2 is 1.96 bits per heavy atom. The predicted molar refractivity (Wildman–Crippen MR) is 97.1 cm³/mol. The molecule has 0 spiro atoms. The summed E-state index contributed by atoms with van der Waals surface area (Å²) < 4.78 is 20.1. The number of halogens is 2. The van der Waals surface area contributed by atoms with Gasteiger partial charge in [-0.15, -0.1) is 0 Å². The first kappa shape index (κ1) is 17.4. The van der Waals surface area contributed by atoms with Crippen molar-refractivity contribution in [2.75, 3.05) is 12.0 Å². The van der Waals surface area contributed by atoms with E-state index < -0.39 is 5.82 Å². The van der Waals surface area contributed by atoms with Crippen LogP contribution in [0.2, 0.25) is 0 Å². The van der Waals surface area contributed by atoms with Gasteiger partial charge in [0, 0.05) is 15.6 Å². The molecule has 0 N–H and O–H groups in total. The first-order chi connectivity index (χ1) is 12.0. The fraction of sp³-hybridized carbons (Fsp3) is 0.158. The third-order valence-electron chi connectivity index (χ3n) is 4.06. The number of methoxy groups -OCH3 is 1. The van der Waals surface area contributed by atoms with Crippen molar-refractivity contribution in [2.24, 2.45) is 0 Å². The third kappa shape index (κ3) is 3.35. The normalized spacial score (nSPS) is 14.2. The van der Waals surface area contributed by atoms with Crippen LogP contribution in [0.25, 0.3) is 4.48 Å². The van der Waals surface area contributed by atoms with Gasteiger partial charge in [0.25, 0.3) is 0 Å². The van der Waals surface area contributed by atoms with Crippen LogP contribution in [-0.2, 0) is 16.1 Å². The average molecular weight is 404 g/mol. The summed E-state index contributed by atoms with van der Waals surface area (Å²) >= 11 is 3.34. The Kier molecular flexibility index (Phi) is 4.99. The largest absolute Gasteiger partial charge is 0.497 e. The van der Waals surface area contributed by atoms with E-state index in [4.69, 9.17) is 4.74 Å². The van der Waals surface area contributed by atoms with Gasteiger partial charge < -0.3 is 9.64 Å². The summed E-state index contributed by atoms with van der Waals surface area (Å²) in [5.41, 5.74) is 1.79. The number of ether oxygens (including phenoxy) is 1. The van der Waals surface area contributed by atoms with E-state index in [9.17, 15) is 14.0 Å². The number of amides is 1. The lowest BCUT2D eigenvalue weighted by Crippen LogP contribution is -2.31. The maximum atomic E-state index is 14.6. The molecule has 0 aromatic heterocycles. The van der Waals surface area contributed by atoms with E-state index in [-0.39, 0.29) is 24.6 Å². The first-order valence-corrected chi connectivity index (χ1v) is 8.40. The van der Waals surface area contributed by atoms with Crippen LogP contribution in [0.15, 0.2) is 48.0 Å². The second kappa shape index (κ2) is 7.19. The molecule has 1 heterocycles. The Balaban J connectivity index is 2.06. The van der Waals surface area contributed by atoms with Gasteiger partial charge in [-0.05, 0) is 39.7 Å². The summed E-state index contributed by atoms with van der Waals surface area (Å²) in [7, 11) is 1.57. The van der Waals surface area contributed by atoms with Gasteiger partial charge in [0.05, 0.1) is 25.8 Å². The Morgan fingerprint density at radius 1 is 1.24 bits per heavy atom. The predicted octanol–water partition coefficient (Wildman–Crippen LogP) is 4.08. The highest BCUT2D eigenvalue weighted by Gasteiger charge is 2.29. The molecule has 0 saturated heterocycles. The standard InChI is InChI=1S/C19H15BrFNO3/c1-25-14-7-5-12(6-8-14)10-22-17(24)9-13(11-23)18(20)15-3-2-4-16(21)19(15)22/h2-8,11H,9-10H2,1H3. The smallest absolute Gasteiger partial charge is 0.231 e. The van der Waals surface area contributed by atoms with Crippen LogP contribution in [0.5, 0.6) is 5.75 Å². The third-order valence-corrected chi connectivity index (χ3v) is 5.00. The second-order valence-corrected chi connectivity index (χ2v) is 6.39. The number of nitrogens with zero attached hydrogens (tertiary/aromatic N) is 1. The fourth-order valence-corrected chi connectivity index (χ4v) is 3.33. The van der Waals surface area contributed by atoms with Crippen LogP contribution in [0, 0.1) is 5.82 Å². The molecular weight excluding hydrogens is 389 g/mol. The van der Waals surface area contributed by atoms with E-state index in [2.05, 4.69) is 15.9 Å². The van der Waals surface area contributed by atoms with Gasteiger partial charge in [-0.1, -0.05) is 24.3 Å². The highest BCUT2D eigenvalue weighted by molar-refractivity contribution is 9.15. The van der Waals surface area contributed by atoms with Crippen molar-refractivity contribution >= 4 is 38.3 Å². The lowest BCUT2D eigenvalue weighted by molar-refractivity contribution is -0.118. The van der Waals surface area contributed by atoms with Crippen molar-refractivity contribution in [3.63, 3.8) is 0 Å². The van der Waals surface area contributed by atoms with Crippen molar-refractivity contribution in [3.05, 3.63) is 65.0 Å². The number of benzene rings is 2. The topological polar surface area (TPSA) is 46.6 Å². The Hall–Kier alpha value is -2.47. The molecular formula is C19H15BrFNO3. The molecule has 128 valence electrons. The van der Waals surface area contributed by atoms with Gasteiger partial charge in [0.15, 0.2) is 0 Å². The fourth-order valence-electron chi connectivity index (χ4n) is 2.77. The summed E-state index contributed by atoms with van der Waals surface area (Å²) in [6, 6.07) is 11.8. The van der Waals surface area contributed by atoms with Gasteiger partial charge in [-0.3, -0.25) is 9.59 Å². The minimum absolute atomic E-state index is 0.0889. The molecule has 25 heavy (non-hydrogen) atoms. The number of hydrogen-bond donors (Lipinski definition) is 0. The van der Waals surface area contributed by atoms with Crippen LogP contribution in [0.1, 0.15) is 17.5 Å². The molecule has 0 fully saturated rings. The van der Waals surface area contributed by atoms with Gasteiger partial charge in [0.1, 0.15) is 17.9 Å². The summed E-state index contributed by atoms with van der Waals surface area (Å²) in [5, 5.41) is 0. The SMILES string of the molecule is COc1ccc(CN2C(=O)CC(C=O)=C(Br)c3cccc(F)c32)cc1. The lowest BCUT2D eigenvalue weighted by atomic mass is 10.1. The monoisotopic (exact) mass is 403 g/mol. The summed E-state index contributed by atoms with van der Waals surface area (Å²) in [6.07, 6.45) is 0.544. The molecule has 0 unspecified atom stereocenters. The highest BCUT2D eigenvalue weighted by atomic mass is 79.9. The van der Waals surface area contributed by atoms with Gasteiger partial charge in [-0.25, -0.2) is 4.39 Å². The molecule has 1 aliphatic heterocycles. The van der Waals surface area contributed by atoms with Crippen LogP contribution in [-0.4, -0.2) is 19.3 Å². The second-order valence-electron chi connectivity index (χ2n) is 5.60. The van der Waals surface area contributed by atoms with Crippen LogP contribution in [0.3, 0.4) is 0 Å². The van der Waals surface area contributed by atoms with E-state index in [1.165, 1.54) is 11.0 Å². The maximum absolute atomic E-state index is 14.6. The first-order valence-electron chi connectivity index (χ1n) is 7.61. The van der Waals surface area contributed by atoms with E-state index in [0.717, 1.165) is 5.56 Å². The average Bonchev–Trinajstić information content (AvgIpc) is 2.73. The number of rotatable bonds is 4. The molecule has 0 radical (unpaired) electrons. The Labute approximate surface area is 153 Å². The molecule has 0 aliphatic carbocycles.